The highest BCUT2D eigenvalue weighted by atomic mass is 32.1. The molecule has 0 aliphatic carbocycles. The number of anilines is 1. The van der Waals surface area contributed by atoms with E-state index in [1.54, 1.807) is 5.38 Å². The molecule has 0 saturated carbocycles. The van der Waals surface area contributed by atoms with Crippen LogP contribution in [0.25, 0.3) is 0 Å². The molecule has 0 atom stereocenters. The predicted octanol–water partition coefficient (Wildman–Crippen LogP) is 4.02. The average Bonchev–Trinajstić information content (AvgIpc) is 3.11. The predicted molar refractivity (Wildman–Crippen MR) is 93.9 cm³/mol. The van der Waals surface area contributed by atoms with Gasteiger partial charge in [-0.25, -0.2) is 9.37 Å². The zero-order chi connectivity index (χ0) is 18.5. The number of nitrogens with one attached hydrogen (secondary N) is 1. The largest absolute Gasteiger partial charge is 0.486 e. The molecule has 1 amide bonds. The van der Waals surface area contributed by atoms with Crippen LogP contribution in [0.4, 0.5) is 15.8 Å². The van der Waals surface area contributed by atoms with Crippen LogP contribution in [0.15, 0.2) is 53.9 Å². The number of aromatic nitrogens is 1. The Morgan fingerprint density at radius 1 is 1.19 bits per heavy atom. The Bertz CT molecular complexity index is 926. The number of nitrogens with zero attached hydrogens (tertiary/aromatic N) is 2. The highest BCUT2D eigenvalue weighted by molar-refractivity contribution is 7.09. The van der Waals surface area contributed by atoms with E-state index in [4.69, 9.17) is 4.74 Å². The average molecular weight is 373 g/mol. The van der Waals surface area contributed by atoms with Crippen molar-refractivity contribution in [2.75, 3.05) is 5.32 Å². The summed E-state index contributed by atoms with van der Waals surface area (Å²) in [4.78, 5) is 26.4. The Morgan fingerprint density at radius 2 is 1.88 bits per heavy atom. The molecule has 1 heterocycles. The van der Waals surface area contributed by atoms with Gasteiger partial charge in [-0.1, -0.05) is 0 Å². The molecule has 3 aromatic rings. The summed E-state index contributed by atoms with van der Waals surface area (Å²) < 4.78 is 18.4. The van der Waals surface area contributed by atoms with Crippen LogP contribution < -0.4 is 10.1 Å². The number of benzene rings is 2. The first-order valence-electron chi connectivity index (χ1n) is 7.40. The van der Waals surface area contributed by atoms with Gasteiger partial charge in [-0.05, 0) is 36.4 Å². The monoisotopic (exact) mass is 373 g/mol. The number of carbonyl (C=O) groups excluding carboxylic acids is 1. The van der Waals surface area contributed by atoms with Crippen LogP contribution in [0.1, 0.15) is 15.5 Å². The molecule has 1 aromatic heterocycles. The number of hydrogen-bond donors (Lipinski definition) is 1. The lowest BCUT2D eigenvalue weighted by Crippen LogP contribution is -2.12. The smallest absolute Gasteiger partial charge is 0.275 e. The van der Waals surface area contributed by atoms with Crippen molar-refractivity contribution < 1.29 is 18.8 Å². The van der Waals surface area contributed by atoms with E-state index >= 15 is 0 Å². The van der Waals surface area contributed by atoms with Crippen molar-refractivity contribution in [1.29, 1.82) is 0 Å². The number of amides is 1. The maximum absolute atomic E-state index is 12.9. The molecule has 7 nitrogen and oxygen atoms in total. The topological polar surface area (TPSA) is 94.4 Å². The number of carbonyl (C=O) groups is 1. The van der Waals surface area contributed by atoms with Crippen LogP contribution in [0.5, 0.6) is 5.75 Å². The molecule has 0 saturated heterocycles. The first kappa shape index (κ1) is 17.5. The van der Waals surface area contributed by atoms with E-state index in [9.17, 15) is 19.3 Å². The molecular weight excluding hydrogens is 361 g/mol. The fourth-order valence-electron chi connectivity index (χ4n) is 2.02. The molecule has 26 heavy (non-hydrogen) atoms. The number of thiazole rings is 1. The van der Waals surface area contributed by atoms with E-state index in [0.717, 1.165) is 0 Å². The lowest BCUT2D eigenvalue weighted by molar-refractivity contribution is -0.384. The number of ether oxygens (including phenoxy) is 1. The van der Waals surface area contributed by atoms with Crippen LogP contribution in [0.2, 0.25) is 0 Å². The maximum atomic E-state index is 12.9. The third-order valence-corrected chi connectivity index (χ3v) is 4.12. The van der Waals surface area contributed by atoms with Crippen molar-refractivity contribution >= 4 is 28.6 Å². The zero-order valence-corrected chi connectivity index (χ0v) is 14.0. The molecule has 0 fully saturated rings. The molecule has 1 N–H and O–H groups in total. The van der Waals surface area contributed by atoms with Gasteiger partial charge < -0.3 is 10.1 Å². The van der Waals surface area contributed by atoms with E-state index in [1.165, 1.54) is 59.9 Å². The summed E-state index contributed by atoms with van der Waals surface area (Å²) in [6.07, 6.45) is 0. The van der Waals surface area contributed by atoms with Gasteiger partial charge in [0.05, 0.1) is 4.92 Å². The van der Waals surface area contributed by atoms with Gasteiger partial charge >= 0.3 is 0 Å². The first-order chi connectivity index (χ1) is 12.5. The molecule has 0 radical (unpaired) electrons. The lowest BCUT2D eigenvalue weighted by Gasteiger charge is -2.04. The minimum absolute atomic E-state index is 0.0219. The van der Waals surface area contributed by atoms with Crippen molar-refractivity contribution in [3.05, 3.63) is 80.5 Å². The van der Waals surface area contributed by atoms with Crippen molar-refractivity contribution in [3.8, 4) is 5.75 Å². The molecule has 132 valence electrons. The normalized spacial score (nSPS) is 10.3. The Hall–Kier alpha value is -3.33. The fourth-order valence-corrected chi connectivity index (χ4v) is 2.70. The second kappa shape index (κ2) is 7.70. The quantitative estimate of drug-likeness (QED) is 0.520. The van der Waals surface area contributed by atoms with E-state index in [0.29, 0.717) is 16.4 Å². The van der Waals surface area contributed by atoms with Crippen LogP contribution in [-0.2, 0) is 6.61 Å². The Labute approximate surface area is 151 Å². The second-order valence-corrected chi connectivity index (χ2v) is 6.07. The molecule has 9 heteroatoms. The van der Waals surface area contributed by atoms with Crippen LogP contribution in [-0.4, -0.2) is 15.8 Å². The summed E-state index contributed by atoms with van der Waals surface area (Å²) >= 11 is 1.25. The number of rotatable bonds is 6. The van der Waals surface area contributed by atoms with Crippen molar-refractivity contribution in [1.82, 2.24) is 4.98 Å². The number of non-ortho nitro benzene ring substituents is 1. The third-order valence-electron chi connectivity index (χ3n) is 3.30. The lowest BCUT2D eigenvalue weighted by atomic mass is 10.3. The molecule has 0 spiro atoms. The van der Waals surface area contributed by atoms with Crippen molar-refractivity contribution in [2.24, 2.45) is 0 Å². The summed E-state index contributed by atoms with van der Waals surface area (Å²) in [6, 6.07) is 11.1. The van der Waals surface area contributed by atoms with Gasteiger partial charge in [0.1, 0.15) is 28.9 Å². The van der Waals surface area contributed by atoms with Gasteiger partial charge in [0.15, 0.2) is 0 Å². The van der Waals surface area contributed by atoms with Crippen LogP contribution >= 0.6 is 11.3 Å². The van der Waals surface area contributed by atoms with E-state index < -0.39 is 10.8 Å². The third kappa shape index (κ3) is 4.39. The summed E-state index contributed by atoms with van der Waals surface area (Å²) in [5, 5.41) is 15.4. The Morgan fingerprint density at radius 3 is 2.54 bits per heavy atom. The number of halogens is 1. The van der Waals surface area contributed by atoms with E-state index in [1.807, 2.05) is 0 Å². The van der Waals surface area contributed by atoms with Crippen molar-refractivity contribution in [3.63, 3.8) is 0 Å². The molecule has 0 unspecified atom stereocenters. The molecular formula is C17H12FN3O4S. The summed E-state index contributed by atoms with van der Waals surface area (Å²) in [6.45, 7) is 0.131. The zero-order valence-electron chi connectivity index (χ0n) is 13.2. The Kier molecular flexibility index (Phi) is 5.18. The first-order valence-corrected chi connectivity index (χ1v) is 8.28. The van der Waals surface area contributed by atoms with E-state index in [2.05, 4.69) is 10.3 Å². The Balaban J connectivity index is 1.57. The minimum atomic E-state index is -0.489. The highest BCUT2D eigenvalue weighted by Crippen LogP contribution is 2.20. The summed E-state index contributed by atoms with van der Waals surface area (Å²) in [7, 11) is 0. The van der Waals surface area contributed by atoms with Crippen molar-refractivity contribution in [2.45, 2.75) is 6.61 Å². The standard InChI is InChI=1S/C17H12FN3O4S/c18-11-1-3-12(4-2-11)19-17(22)15-10-26-16(20-15)9-25-14-7-5-13(6-8-14)21(23)24/h1-8,10H,9H2,(H,19,22). The summed E-state index contributed by atoms with van der Waals surface area (Å²) in [5.74, 6) is -0.333. The van der Waals surface area contributed by atoms with Gasteiger partial charge in [0, 0.05) is 23.2 Å². The maximum Gasteiger partial charge on any atom is 0.275 e. The number of hydrogen-bond acceptors (Lipinski definition) is 6. The van der Waals surface area contributed by atoms with Gasteiger partial charge in [-0.2, -0.15) is 0 Å². The molecule has 3 rings (SSSR count). The van der Waals surface area contributed by atoms with Gasteiger partial charge in [-0.3, -0.25) is 14.9 Å². The molecule has 0 aliphatic heterocycles. The second-order valence-electron chi connectivity index (χ2n) is 5.13. The van der Waals surface area contributed by atoms with Crippen LogP contribution in [0, 0.1) is 15.9 Å². The molecule has 2 aromatic carbocycles. The number of nitro benzene ring substituents is 1. The van der Waals surface area contributed by atoms with E-state index in [-0.39, 0.29) is 23.8 Å². The van der Waals surface area contributed by atoms with Gasteiger partial charge in [0.25, 0.3) is 11.6 Å². The number of nitro groups is 1. The van der Waals surface area contributed by atoms with Gasteiger partial charge in [-0.15, -0.1) is 11.3 Å². The van der Waals surface area contributed by atoms with Gasteiger partial charge in [0.2, 0.25) is 0 Å². The van der Waals surface area contributed by atoms with Crippen LogP contribution in [0.3, 0.4) is 0 Å². The molecule has 0 aliphatic rings. The highest BCUT2D eigenvalue weighted by Gasteiger charge is 2.12. The fraction of sp³-hybridized carbons (Fsp3) is 0.0588. The SMILES string of the molecule is O=C(Nc1ccc(F)cc1)c1csc(COc2ccc([N+](=O)[O-])cc2)n1. The summed E-state index contributed by atoms with van der Waals surface area (Å²) in [5.41, 5.74) is 0.668. The minimum Gasteiger partial charge on any atom is -0.486 e. The molecule has 0 bridgehead atoms.